The standard InChI is InChI=1S/C19H21N3O6/c20-17(25)11-5-7-12(8-6-11)21-15(23)10-28-16(24)9-22-18(26)13-3-1-2-4-14(13)19(22)27/h5-8,13-14H,1-4,9-10H2,(H2,20,25)(H,21,23)/t13-,14-/m1/s1. The van der Waals surface area contributed by atoms with Gasteiger partial charge in [0, 0.05) is 11.3 Å². The summed E-state index contributed by atoms with van der Waals surface area (Å²) in [5.74, 6) is -3.32. The lowest BCUT2D eigenvalue weighted by Crippen LogP contribution is -2.37. The number of hydrogen-bond acceptors (Lipinski definition) is 6. The number of ether oxygens (including phenoxy) is 1. The van der Waals surface area contributed by atoms with Gasteiger partial charge in [-0.2, -0.15) is 0 Å². The van der Waals surface area contributed by atoms with Gasteiger partial charge in [-0.1, -0.05) is 12.8 Å². The number of benzene rings is 1. The van der Waals surface area contributed by atoms with Gasteiger partial charge in [0.05, 0.1) is 11.8 Å². The first-order chi connectivity index (χ1) is 13.4. The van der Waals surface area contributed by atoms with Crippen LogP contribution >= 0.6 is 0 Å². The van der Waals surface area contributed by atoms with E-state index < -0.39 is 30.9 Å². The van der Waals surface area contributed by atoms with Crippen molar-refractivity contribution in [3.05, 3.63) is 29.8 Å². The van der Waals surface area contributed by atoms with Gasteiger partial charge in [0.2, 0.25) is 17.7 Å². The lowest BCUT2D eigenvalue weighted by atomic mass is 9.81. The third-order valence-corrected chi connectivity index (χ3v) is 5.04. The molecule has 0 spiro atoms. The molecule has 1 aliphatic heterocycles. The van der Waals surface area contributed by atoms with E-state index in [9.17, 15) is 24.0 Å². The van der Waals surface area contributed by atoms with Gasteiger partial charge in [-0.3, -0.25) is 28.9 Å². The first-order valence-corrected chi connectivity index (χ1v) is 9.07. The number of esters is 1. The zero-order valence-electron chi connectivity index (χ0n) is 15.2. The smallest absolute Gasteiger partial charge is 0.326 e. The molecule has 28 heavy (non-hydrogen) atoms. The fraction of sp³-hybridized carbons (Fsp3) is 0.421. The fourth-order valence-electron chi connectivity index (χ4n) is 3.62. The number of primary amides is 1. The SMILES string of the molecule is NC(=O)c1ccc(NC(=O)COC(=O)CN2C(=O)[C@@H]3CCCC[C@H]3C2=O)cc1. The normalized spacial score (nSPS) is 21.2. The zero-order chi connectivity index (χ0) is 20.3. The number of carbonyl (C=O) groups is 5. The van der Waals surface area contributed by atoms with Crippen molar-refractivity contribution < 1.29 is 28.7 Å². The summed E-state index contributed by atoms with van der Waals surface area (Å²) in [5, 5.41) is 2.50. The summed E-state index contributed by atoms with van der Waals surface area (Å²) in [6.45, 7) is -1.04. The highest BCUT2D eigenvalue weighted by atomic mass is 16.5. The molecule has 9 nitrogen and oxygen atoms in total. The Balaban J connectivity index is 1.47. The molecule has 4 amide bonds. The summed E-state index contributed by atoms with van der Waals surface area (Å²) in [5.41, 5.74) is 5.83. The van der Waals surface area contributed by atoms with Gasteiger partial charge in [-0.15, -0.1) is 0 Å². The van der Waals surface area contributed by atoms with Crippen molar-refractivity contribution in [1.82, 2.24) is 4.90 Å². The minimum atomic E-state index is -0.820. The van der Waals surface area contributed by atoms with Crippen LogP contribution in [0.5, 0.6) is 0 Å². The quantitative estimate of drug-likeness (QED) is 0.537. The molecule has 2 fully saturated rings. The Labute approximate surface area is 161 Å². The Morgan fingerprint density at radius 1 is 1.04 bits per heavy atom. The third-order valence-electron chi connectivity index (χ3n) is 5.04. The first kappa shape index (κ1) is 19.5. The van der Waals surface area contributed by atoms with Gasteiger partial charge in [0.25, 0.3) is 5.91 Å². The topological polar surface area (TPSA) is 136 Å². The lowest BCUT2D eigenvalue weighted by Gasteiger charge is -2.19. The van der Waals surface area contributed by atoms with Crippen molar-refractivity contribution in [2.75, 3.05) is 18.5 Å². The largest absolute Gasteiger partial charge is 0.454 e. The number of nitrogens with zero attached hydrogens (tertiary/aromatic N) is 1. The number of hydrogen-bond donors (Lipinski definition) is 2. The fourth-order valence-corrected chi connectivity index (χ4v) is 3.62. The number of imide groups is 1. The van der Waals surface area contributed by atoms with E-state index in [0.29, 0.717) is 24.1 Å². The number of amides is 4. The highest BCUT2D eigenvalue weighted by Gasteiger charge is 2.48. The maximum atomic E-state index is 12.3. The van der Waals surface area contributed by atoms with Crippen LogP contribution in [0.4, 0.5) is 5.69 Å². The van der Waals surface area contributed by atoms with Gasteiger partial charge in [0.1, 0.15) is 6.54 Å². The molecule has 2 atom stereocenters. The van der Waals surface area contributed by atoms with E-state index in [0.717, 1.165) is 17.7 Å². The Morgan fingerprint density at radius 3 is 2.14 bits per heavy atom. The summed E-state index contributed by atoms with van der Waals surface area (Å²) >= 11 is 0. The number of nitrogens with two attached hydrogens (primary N) is 1. The van der Waals surface area contributed by atoms with Crippen molar-refractivity contribution in [2.45, 2.75) is 25.7 Å². The summed E-state index contributed by atoms with van der Waals surface area (Å²) in [6, 6.07) is 5.88. The average molecular weight is 387 g/mol. The number of fused-ring (bicyclic) bond motifs is 1. The van der Waals surface area contributed by atoms with E-state index in [1.165, 1.54) is 24.3 Å². The Bertz CT molecular complexity index is 795. The van der Waals surface area contributed by atoms with E-state index in [1.54, 1.807) is 0 Å². The Hall–Kier alpha value is -3.23. The van der Waals surface area contributed by atoms with Crippen LogP contribution in [0.2, 0.25) is 0 Å². The Morgan fingerprint density at radius 2 is 1.61 bits per heavy atom. The summed E-state index contributed by atoms with van der Waals surface area (Å²) in [6.07, 6.45) is 3.13. The molecule has 2 aliphatic rings. The molecule has 3 N–H and O–H groups in total. The van der Waals surface area contributed by atoms with E-state index >= 15 is 0 Å². The molecule has 0 radical (unpaired) electrons. The minimum Gasteiger partial charge on any atom is -0.454 e. The maximum Gasteiger partial charge on any atom is 0.326 e. The van der Waals surface area contributed by atoms with Crippen LogP contribution in [0.1, 0.15) is 36.0 Å². The maximum absolute atomic E-state index is 12.3. The molecule has 1 aromatic carbocycles. The number of carbonyl (C=O) groups excluding carboxylic acids is 5. The monoisotopic (exact) mass is 387 g/mol. The molecule has 148 valence electrons. The molecular weight excluding hydrogens is 366 g/mol. The third kappa shape index (κ3) is 4.19. The highest BCUT2D eigenvalue weighted by molar-refractivity contribution is 6.07. The van der Waals surface area contributed by atoms with Crippen LogP contribution in [0.25, 0.3) is 0 Å². The molecule has 0 bridgehead atoms. The predicted octanol–water partition coefficient (Wildman–Crippen LogP) is 0.442. The van der Waals surface area contributed by atoms with E-state index in [-0.39, 0.29) is 23.7 Å². The second-order valence-electron chi connectivity index (χ2n) is 6.91. The number of rotatable bonds is 6. The van der Waals surface area contributed by atoms with Gasteiger partial charge in [-0.25, -0.2) is 0 Å². The molecule has 1 aliphatic carbocycles. The molecular formula is C19H21N3O6. The first-order valence-electron chi connectivity index (χ1n) is 9.07. The zero-order valence-corrected chi connectivity index (χ0v) is 15.2. The van der Waals surface area contributed by atoms with Crippen LogP contribution in [-0.2, 0) is 23.9 Å². The van der Waals surface area contributed by atoms with Crippen molar-refractivity contribution >= 4 is 35.3 Å². The van der Waals surface area contributed by atoms with Crippen LogP contribution < -0.4 is 11.1 Å². The number of nitrogens with one attached hydrogen (secondary N) is 1. The summed E-state index contributed by atoms with van der Waals surface area (Å²) in [7, 11) is 0. The molecule has 1 heterocycles. The summed E-state index contributed by atoms with van der Waals surface area (Å²) in [4.78, 5) is 60.5. The molecule has 9 heteroatoms. The van der Waals surface area contributed by atoms with Crippen molar-refractivity contribution in [1.29, 1.82) is 0 Å². The highest BCUT2D eigenvalue weighted by Crippen LogP contribution is 2.37. The van der Waals surface area contributed by atoms with Gasteiger partial charge < -0.3 is 15.8 Å². The van der Waals surface area contributed by atoms with Gasteiger partial charge in [0.15, 0.2) is 6.61 Å². The van der Waals surface area contributed by atoms with Crippen LogP contribution in [0.15, 0.2) is 24.3 Å². The molecule has 0 unspecified atom stereocenters. The second kappa shape index (κ2) is 8.20. The molecule has 1 saturated carbocycles. The Kier molecular flexibility index (Phi) is 5.72. The predicted molar refractivity (Wildman–Crippen MR) is 96.7 cm³/mol. The van der Waals surface area contributed by atoms with E-state index in [1.807, 2.05) is 0 Å². The van der Waals surface area contributed by atoms with Crippen LogP contribution in [-0.4, -0.2) is 47.6 Å². The van der Waals surface area contributed by atoms with E-state index in [4.69, 9.17) is 10.5 Å². The van der Waals surface area contributed by atoms with E-state index in [2.05, 4.69) is 5.32 Å². The molecule has 1 saturated heterocycles. The van der Waals surface area contributed by atoms with Crippen LogP contribution in [0, 0.1) is 11.8 Å². The van der Waals surface area contributed by atoms with Crippen molar-refractivity contribution in [3.8, 4) is 0 Å². The second-order valence-corrected chi connectivity index (χ2v) is 6.91. The number of anilines is 1. The minimum absolute atomic E-state index is 0.296. The van der Waals surface area contributed by atoms with Crippen molar-refractivity contribution in [2.24, 2.45) is 17.6 Å². The van der Waals surface area contributed by atoms with Gasteiger partial charge >= 0.3 is 5.97 Å². The van der Waals surface area contributed by atoms with Crippen molar-refractivity contribution in [3.63, 3.8) is 0 Å². The van der Waals surface area contributed by atoms with Crippen LogP contribution in [0.3, 0.4) is 0 Å². The molecule has 0 aromatic heterocycles. The number of likely N-dealkylation sites (tertiary alicyclic amines) is 1. The lowest BCUT2D eigenvalue weighted by molar-refractivity contribution is -0.154. The molecule has 1 aromatic rings. The summed E-state index contributed by atoms with van der Waals surface area (Å²) < 4.78 is 4.88. The molecule has 3 rings (SSSR count). The van der Waals surface area contributed by atoms with Gasteiger partial charge in [-0.05, 0) is 37.1 Å². The average Bonchev–Trinajstić information content (AvgIpc) is 2.92.